The van der Waals surface area contributed by atoms with Crippen molar-refractivity contribution >= 4 is 11.8 Å². The van der Waals surface area contributed by atoms with E-state index < -0.39 is 12.2 Å². The summed E-state index contributed by atoms with van der Waals surface area (Å²) in [4.78, 5) is 23.5. The lowest BCUT2D eigenvalue weighted by Crippen LogP contribution is -2.57. The third-order valence-corrected chi connectivity index (χ3v) is 8.91. The molecule has 0 bridgehead atoms. The summed E-state index contributed by atoms with van der Waals surface area (Å²) in [6, 6.07) is 0. The average molecular weight is 391 g/mol. The van der Waals surface area contributed by atoms with Crippen LogP contribution in [-0.4, -0.2) is 40.8 Å². The highest BCUT2D eigenvalue weighted by molar-refractivity contribution is 5.91. The summed E-state index contributed by atoms with van der Waals surface area (Å²) < 4.78 is 5.47. The van der Waals surface area contributed by atoms with Gasteiger partial charge >= 0.3 is 5.97 Å². The monoisotopic (exact) mass is 390 g/mol. The molecule has 8 atom stereocenters. The van der Waals surface area contributed by atoms with Gasteiger partial charge in [0, 0.05) is 19.3 Å². The Hall–Kier alpha value is -1.20. The number of rotatable bonds is 3. The number of aliphatic hydroxyl groups excluding tert-OH is 2. The standard InChI is InChI=1S/C23H34O5/c1-13(25)28-20(12-24)18-7-6-17-16-5-4-14-10-15(26)8-9-22(14,2)21(16)19(27)11-23(17,18)3/h10,16-21,24,27H,4-9,11-12H2,1-3H3/t16-,17-,18+,19+,20+,21+,22+,23+/m1/s1. The van der Waals surface area contributed by atoms with Gasteiger partial charge in [0.1, 0.15) is 6.10 Å². The molecule has 3 fully saturated rings. The number of aliphatic hydroxyl groups is 2. The summed E-state index contributed by atoms with van der Waals surface area (Å²) in [5, 5.41) is 21.2. The Labute approximate surface area is 167 Å². The molecule has 5 heteroatoms. The van der Waals surface area contributed by atoms with Crippen LogP contribution in [0.25, 0.3) is 0 Å². The first kappa shape index (κ1) is 20.1. The van der Waals surface area contributed by atoms with Gasteiger partial charge in [0.2, 0.25) is 0 Å². The van der Waals surface area contributed by atoms with Crippen LogP contribution in [0.5, 0.6) is 0 Å². The van der Waals surface area contributed by atoms with Crippen molar-refractivity contribution in [1.82, 2.24) is 0 Å². The predicted molar refractivity (Wildman–Crippen MR) is 104 cm³/mol. The Kier molecular flexibility index (Phi) is 4.98. The molecule has 0 aromatic heterocycles. The van der Waals surface area contributed by atoms with E-state index in [2.05, 4.69) is 13.8 Å². The molecule has 4 aliphatic rings. The summed E-state index contributed by atoms with van der Waals surface area (Å²) >= 11 is 0. The van der Waals surface area contributed by atoms with Gasteiger partial charge in [0.05, 0.1) is 12.7 Å². The summed E-state index contributed by atoms with van der Waals surface area (Å²) in [6.45, 7) is 5.72. The maximum absolute atomic E-state index is 12.0. The van der Waals surface area contributed by atoms with Crippen molar-refractivity contribution in [3.05, 3.63) is 11.6 Å². The van der Waals surface area contributed by atoms with E-state index in [-0.39, 0.29) is 41.0 Å². The van der Waals surface area contributed by atoms with Gasteiger partial charge in [-0.15, -0.1) is 0 Å². The van der Waals surface area contributed by atoms with Crippen LogP contribution < -0.4 is 0 Å². The van der Waals surface area contributed by atoms with Crippen molar-refractivity contribution in [2.75, 3.05) is 6.61 Å². The van der Waals surface area contributed by atoms with Crippen molar-refractivity contribution in [2.24, 2.45) is 34.5 Å². The smallest absolute Gasteiger partial charge is 0.302 e. The highest BCUT2D eigenvalue weighted by Crippen LogP contribution is 2.67. The Bertz CT molecular complexity index is 699. The van der Waals surface area contributed by atoms with Crippen LogP contribution in [0.4, 0.5) is 0 Å². The second kappa shape index (κ2) is 6.94. The molecule has 0 spiro atoms. The number of hydrogen-bond acceptors (Lipinski definition) is 5. The molecule has 0 unspecified atom stereocenters. The third kappa shape index (κ3) is 2.88. The fraction of sp³-hybridized carbons (Fsp3) is 0.826. The maximum Gasteiger partial charge on any atom is 0.302 e. The minimum Gasteiger partial charge on any atom is -0.460 e. The molecule has 0 radical (unpaired) electrons. The van der Waals surface area contributed by atoms with Gasteiger partial charge in [-0.25, -0.2) is 0 Å². The van der Waals surface area contributed by atoms with Crippen molar-refractivity contribution in [3.63, 3.8) is 0 Å². The Balaban J connectivity index is 1.65. The van der Waals surface area contributed by atoms with Crippen LogP contribution in [0.15, 0.2) is 11.6 Å². The molecule has 3 saturated carbocycles. The van der Waals surface area contributed by atoms with E-state index in [1.807, 2.05) is 6.08 Å². The van der Waals surface area contributed by atoms with Gasteiger partial charge in [0.25, 0.3) is 0 Å². The zero-order chi connectivity index (χ0) is 20.3. The third-order valence-electron chi connectivity index (χ3n) is 8.91. The van der Waals surface area contributed by atoms with Gasteiger partial charge in [-0.3, -0.25) is 9.59 Å². The van der Waals surface area contributed by atoms with E-state index in [1.165, 1.54) is 12.5 Å². The Morgan fingerprint density at radius 3 is 2.71 bits per heavy atom. The quantitative estimate of drug-likeness (QED) is 0.724. The van der Waals surface area contributed by atoms with E-state index in [4.69, 9.17) is 4.74 Å². The molecule has 0 heterocycles. The van der Waals surface area contributed by atoms with Gasteiger partial charge in [-0.05, 0) is 73.2 Å². The zero-order valence-corrected chi connectivity index (χ0v) is 17.3. The molecule has 4 aliphatic carbocycles. The predicted octanol–water partition coefficient (Wildman–Crippen LogP) is 3.03. The minimum absolute atomic E-state index is 0.0814. The first-order valence-electron chi connectivity index (χ1n) is 10.9. The first-order valence-corrected chi connectivity index (χ1v) is 10.9. The molecule has 0 aromatic carbocycles. The molecule has 0 amide bonds. The number of ether oxygens (including phenoxy) is 1. The molecule has 4 rings (SSSR count). The van der Waals surface area contributed by atoms with Crippen molar-refractivity contribution < 1.29 is 24.5 Å². The van der Waals surface area contributed by atoms with Gasteiger partial charge in [0.15, 0.2) is 5.78 Å². The number of allylic oxidation sites excluding steroid dienone is 1. The first-order chi connectivity index (χ1) is 13.2. The maximum atomic E-state index is 12.0. The average Bonchev–Trinajstić information content (AvgIpc) is 2.96. The molecule has 0 saturated heterocycles. The van der Waals surface area contributed by atoms with Gasteiger partial charge in [-0.1, -0.05) is 19.4 Å². The zero-order valence-electron chi connectivity index (χ0n) is 17.3. The molecule has 5 nitrogen and oxygen atoms in total. The van der Waals surface area contributed by atoms with Crippen LogP contribution in [0.2, 0.25) is 0 Å². The fourth-order valence-electron chi connectivity index (χ4n) is 7.80. The fourth-order valence-corrected chi connectivity index (χ4v) is 7.80. The molecule has 0 aromatic rings. The normalized spacial score (nSPS) is 46.1. The molecule has 156 valence electrons. The number of ketones is 1. The molecular weight excluding hydrogens is 356 g/mol. The summed E-state index contributed by atoms with van der Waals surface area (Å²) in [7, 11) is 0. The summed E-state index contributed by atoms with van der Waals surface area (Å²) in [5.41, 5.74) is 1.03. The highest BCUT2D eigenvalue weighted by Gasteiger charge is 2.63. The van der Waals surface area contributed by atoms with Crippen LogP contribution in [0.3, 0.4) is 0 Å². The van der Waals surface area contributed by atoms with E-state index in [0.717, 1.165) is 32.1 Å². The minimum atomic E-state index is -0.488. The van der Waals surface area contributed by atoms with E-state index in [9.17, 15) is 19.8 Å². The number of carbonyl (C=O) groups excluding carboxylic acids is 2. The van der Waals surface area contributed by atoms with E-state index >= 15 is 0 Å². The topological polar surface area (TPSA) is 83.8 Å². The van der Waals surface area contributed by atoms with Crippen molar-refractivity contribution in [2.45, 2.75) is 77.9 Å². The lowest BCUT2D eigenvalue weighted by atomic mass is 9.46. The van der Waals surface area contributed by atoms with Crippen LogP contribution >= 0.6 is 0 Å². The van der Waals surface area contributed by atoms with E-state index in [1.54, 1.807) is 0 Å². The number of hydrogen-bond donors (Lipinski definition) is 2. The van der Waals surface area contributed by atoms with Crippen molar-refractivity contribution in [1.29, 1.82) is 0 Å². The number of esters is 1. The lowest BCUT2D eigenvalue weighted by molar-refractivity contribution is -0.165. The van der Waals surface area contributed by atoms with Crippen LogP contribution in [-0.2, 0) is 14.3 Å². The summed E-state index contributed by atoms with van der Waals surface area (Å²) in [6.07, 6.45) is 6.99. The molecule has 2 N–H and O–H groups in total. The Morgan fingerprint density at radius 2 is 2.04 bits per heavy atom. The molecule has 0 aliphatic heterocycles. The number of carbonyl (C=O) groups is 2. The molecule has 28 heavy (non-hydrogen) atoms. The largest absolute Gasteiger partial charge is 0.460 e. The van der Waals surface area contributed by atoms with Gasteiger partial charge < -0.3 is 14.9 Å². The SMILES string of the molecule is CC(=O)O[C@@H](CO)[C@@H]1CC[C@@H]2[C@H]3CCC4=CC(=O)CC[C@]4(C)[C@@H]3[C@@H](O)C[C@@]21C. The lowest BCUT2D eigenvalue weighted by Gasteiger charge is -2.60. The summed E-state index contributed by atoms with van der Waals surface area (Å²) in [5.74, 6) is 1.04. The second-order valence-electron chi connectivity index (χ2n) is 10.2. The van der Waals surface area contributed by atoms with Crippen molar-refractivity contribution in [3.8, 4) is 0 Å². The molecular formula is C23H34O5. The van der Waals surface area contributed by atoms with Gasteiger partial charge in [-0.2, -0.15) is 0 Å². The second-order valence-corrected chi connectivity index (χ2v) is 10.2. The Morgan fingerprint density at radius 1 is 1.29 bits per heavy atom. The van der Waals surface area contributed by atoms with E-state index in [0.29, 0.717) is 24.7 Å². The number of fused-ring (bicyclic) bond motifs is 5. The van der Waals surface area contributed by atoms with Crippen LogP contribution in [0.1, 0.15) is 65.7 Å². The van der Waals surface area contributed by atoms with Crippen LogP contribution in [0, 0.1) is 34.5 Å². The highest BCUT2D eigenvalue weighted by atomic mass is 16.5.